The van der Waals surface area contributed by atoms with Crippen molar-refractivity contribution < 1.29 is 0 Å². The fourth-order valence-electron chi connectivity index (χ4n) is 3.27. The van der Waals surface area contributed by atoms with Gasteiger partial charge in [-0.05, 0) is 73.3 Å². The molecular weight excluding hydrogens is 314 g/mol. The van der Waals surface area contributed by atoms with Crippen molar-refractivity contribution in [3.05, 3.63) is 28.5 Å². The molecule has 3 rings (SSSR count). The van der Waals surface area contributed by atoms with E-state index in [0.29, 0.717) is 12.0 Å². The lowest BCUT2D eigenvalue weighted by Crippen LogP contribution is -2.36. The second-order valence-electron chi connectivity index (χ2n) is 6.27. The van der Waals surface area contributed by atoms with Crippen molar-refractivity contribution in [1.82, 2.24) is 15.2 Å². The highest BCUT2D eigenvalue weighted by Gasteiger charge is 2.31. The molecule has 0 aromatic carbocycles. The summed E-state index contributed by atoms with van der Waals surface area (Å²) in [5.74, 6) is 0.678. The molecule has 1 saturated heterocycles. The van der Waals surface area contributed by atoms with Gasteiger partial charge in [-0.2, -0.15) is 0 Å². The summed E-state index contributed by atoms with van der Waals surface area (Å²) >= 11 is 3.48. The SMILES string of the molecule is CN1CCCCC(CNC2CC2)C1c1ccc(Br)cn1. The number of likely N-dealkylation sites (tertiary alicyclic amines) is 1. The van der Waals surface area contributed by atoms with Gasteiger partial charge in [0.2, 0.25) is 0 Å². The molecular formula is C16H24BrN3. The van der Waals surface area contributed by atoms with Crippen molar-refractivity contribution in [2.75, 3.05) is 20.1 Å². The first-order valence-corrected chi connectivity index (χ1v) is 8.58. The Morgan fingerprint density at radius 3 is 2.85 bits per heavy atom. The highest BCUT2D eigenvalue weighted by molar-refractivity contribution is 9.10. The number of nitrogens with zero attached hydrogens (tertiary/aromatic N) is 2. The molecule has 3 nitrogen and oxygen atoms in total. The first kappa shape index (κ1) is 14.5. The van der Waals surface area contributed by atoms with Crippen molar-refractivity contribution in [1.29, 1.82) is 0 Å². The van der Waals surface area contributed by atoms with Crippen molar-refractivity contribution >= 4 is 15.9 Å². The van der Waals surface area contributed by atoms with Gasteiger partial charge in [-0.1, -0.05) is 6.42 Å². The second-order valence-corrected chi connectivity index (χ2v) is 7.18. The Bertz CT molecular complexity index is 430. The molecule has 1 aliphatic heterocycles. The van der Waals surface area contributed by atoms with Gasteiger partial charge >= 0.3 is 0 Å². The Kier molecular flexibility index (Phi) is 4.74. The zero-order valence-corrected chi connectivity index (χ0v) is 13.8. The van der Waals surface area contributed by atoms with Gasteiger partial charge in [0.1, 0.15) is 0 Å². The van der Waals surface area contributed by atoms with Gasteiger partial charge in [-0.25, -0.2) is 0 Å². The molecule has 20 heavy (non-hydrogen) atoms. The molecule has 0 radical (unpaired) electrons. The topological polar surface area (TPSA) is 28.2 Å². The van der Waals surface area contributed by atoms with Gasteiger partial charge < -0.3 is 5.32 Å². The standard InChI is InChI=1S/C16H24BrN3/c1-20-9-3-2-4-12(10-18-14-6-7-14)16(20)15-8-5-13(17)11-19-15/h5,8,11-12,14,16,18H,2-4,6-7,9-10H2,1H3. The molecule has 1 aliphatic carbocycles. The average molecular weight is 338 g/mol. The van der Waals surface area contributed by atoms with E-state index in [1.54, 1.807) is 0 Å². The summed E-state index contributed by atoms with van der Waals surface area (Å²) in [5, 5.41) is 3.72. The first-order valence-electron chi connectivity index (χ1n) is 7.79. The summed E-state index contributed by atoms with van der Waals surface area (Å²) in [7, 11) is 2.25. The van der Waals surface area contributed by atoms with E-state index in [0.717, 1.165) is 17.1 Å². The molecule has 4 heteroatoms. The van der Waals surface area contributed by atoms with E-state index in [2.05, 4.69) is 50.3 Å². The number of halogens is 1. The van der Waals surface area contributed by atoms with Crippen LogP contribution >= 0.6 is 15.9 Å². The molecule has 2 unspecified atom stereocenters. The molecule has 1 aromatic rings. The quantitative estimate of drug-likeness (QED) is 0.912. The molecule has 110 valence electrons. The van der Waals surface area contributed by atoms with Gasteiger partial charge in [0.15, 0.2) is 0 Å². The molecule has 1 N–H and O–H groups in total. The van der Waals surface area contributed by atoms with E-state index in [-0.39, 0.29) is 0 Å². The number of nitrogens with one attached hydrogen (secondary N) is 1. The number of rotatable bonds is 4. The molecule has 0 bridgehead atoms. The van der Waals surface area contributed by atoms with Crippen LogP contribution in [0.5, 0.6) is 0 Å². The van der Waals surface area contributed by atoms with Crippen LogP contribution in [0.15, 0.2) is 22.8 Å². The third-order valence-corrected chi connectivity index (χ3v) is 5.03. The predicted octanol–water partition coefficient (Wildman–Crippen LogP) is 3.37. The minimum Gasteiger partial charge on any atom is -0.314 e. The summed E-state index contributed by atoms with van der Waals surface area (Å²) in [4.78, 5) is 7.17. The minimum absolute atomic E-state index is 0.455. The van der Waals surface area contributed by atoms with Crippen LogP contribution < -0.4 is 5.32 Å². The van der Waals surface area contributed by atoms with E-state index >= 15 is 0 Å². The maximum Gasteiger partial charge on any atom is 0.0579 e. The lowest BCUT2D eigenvalue weighted by molar-refractivity contribution is 0.184. The van der Waals surface area contributed by atoms with Crippen LogP contribution in [0.25, 0.3) is 0 Å². The van der Waals surface area contributed by atoms with Gasteiger partial charge in [0.05, 0.1) is 11.7 Å². The molecule has 1 aromatic heterocycles. The smallest absolute Gasteiger partial charge is 0.0579 e. The van der Waals surface area contributed by atoms with Gasteiger partial charge in [-0.15, -0.1) is 0 Å². The summed E-state index contributed by atoms with van der Waals surface area (Å²) in [5.41, 5.74) is 1.22. The summed E-state index contributed by atoms with van der Waals surface area (Å²) in [6.45, 7) is 2.32. The second kappa shape index (κ2) is 6.54. The Hall–Kier alpha value is -0.450. The molecule has 0 spiro atoms. The van der Waals surface area contributed by atoms with Gasteiger partial charge in [0, 0.05) is 23.3 Å². The Morgan fingerprint density at radius 2 is 2.15 bits per heavy atom. The van der Waals surface area contributed by atoms with Gasteiger partial charge in [0.25, 0.3) is 0 Å². The largest absolute Gasteiger partial charge is 0.314 e. The fraction of sp³-hybridized carbons (Fsp3) is 0.688. The van der Waals surface area contributed by atoms with Crippen molar-refractivity contribution in [3.8, 4) is 0 Å². The van der Waals surface area contributed by atoms with Crippen LogP contribution in [0.2, 0.25) is 0 Å². The lowest BCUT2D eigenvalue weighted by atomic mass is 9.92. The van der Waals surface area contributed by atoms with Gasteiger partial charge in [-0.3, -0.25) is 9.88 Å². The van der Waals surface area contributed by atoms with Crippen LogP contribution in [-0.2, 0) is 0 Å². The normalized spacial score (nSPS) is 28.3. The van der Waals surface area contributed by atoms with E-state index in [4.69, 9.17) is 0 Å². The Labute approximate surface area is 130 Å². The van der Waals surface area contributed by atoms with E-state index < -0.39 is 0 Å². The molecule has 2 fully saturated rings. The van der Waals surface area contributed by atoms with Crippen LogP contribution in [0.4, 0.5) is 0 Å². The molecule has 0 amide bonds. The molecule has 2 aliphatic rings. The van der Waals surface area contributed by atoms with Crippen LogP contribution in [0, 0.1) is 5.92 Å². The van der Waals surface area contributed by atoms with Crippen LogP contribution in [-0.4, -0.2) is 36.1 Å². The number of pyridine rings is 1. The third-order valence-electron chi connectivity index (χ3n) is 4.56. The fourth-order valence-corrected chi connectivity index (χ4v) is 3.51. The Balaban J connectivity index is 1.77. The highest BCUT2D eigenvalue weighted by Crippen LogP contribution is 2.34. The van der Waals surface area contributed by atoms with E-state index in [1.165, 1.54) is 44.3 Å². The minimum atomic E-state index is 0.455. The monoisotopic (exact) mass is 337 g/mol. The predicted molar refractivity (Wildman–Crippen MR) is 85.7 cm³/mol. The lowest BCUT2D eigenvalue weighted by Gasteiger charge is -2.32. The van der Waals surface area contributed by atoms with Crippen molar-refractivity contribution in [2.45, 2.75) is 44.2 Å². The number of hydrogen-bond acceptors (Lipinski definition) is 3. The number of hydrogen-bond donors (Lipinski definition) is 1. The summed E-state index contributed by atoms with van der Waals surface area (Å²) in [6, 6.07) is 5.55. The van der Waals surface area contributed by atoms with Crippen LogP contribution in [0.3, 0.4) is 0 Å². The zero-order chi connectivity index (χ0) is 13.9. The summed E-state index contributed by atoms with van der Waals surface area (Å²) < 4.78 is 1.06. The third kappa shape index (κ3) is 3.60. The first-order chi connectivity index (χ1) is 9.74. The highest BCUT2D eigenvalue weighted by atomic mass is 79.9. The zero-order valence-electron chi connectivity index (χ0n) is 12.2. The summed E-state index contributed by atoms with van der Waals surface area (Å²) in [6.07, 6.45) is 8.62. The van der Waals surface area contributed by atoms with E-state index in [1.807, 2.05) is 6.20 Å². The maximum absolute atomic E-state index is 4.67. The number of aromatic nitrogens is 1. The maximum atomic E-state index is 4.67. The molecule has 1 saturated carbocycles. The van der Waals surface area contributed by atoms with Crippen molar-refractivity contribution in [2.24, 2.45) is 5.92 Å². The average Bonchev–Trinajstić information content (AvgIpc) is 3.26. The van der Waals surface area contributed by atoms with Crippen LogP contribution in [0.1, 0.15) is 43.8 Å². The van der Waals surface area contributed by atoms with Crippen molar-refractivity contribution in [3.63, 3.8) is 0 Å². The van der Waals surface area contributed by atoms with E-state index in [9.17, 15) is 0 Å². The Morgan fingerprint density at radius 1 is 1.30 bits per heavy atom. The molecule has 2 atom stereocenters. The molecule has 2 heterocycles.